The Hall–Kier alpha value is -2.86. The number of aldehydes is 1. The number of halogens is 2. The maximum absolute atomic E-state index is 11.1. The van der Waals surface area contributed by atoms with Crippen molar-refractivity contribution < 1.29 is 14.3 Å². The Kier molecular flexibility index (Phi) is 5.28. The fraction of sp³-hybridized carbons (Fsp3) is 0.130. The van der Waals surface area contributed by atoms with Crippen LogP contribution in [0.4, 0.5) is 5.69 Å². The number of aliphatic hydroxyl groups is 1. The fourth-order valence-electron chi connectivity index (χ4n) is 3.30. The predicted molar refractivity (Wildman–Crippen MR) is 120 cm³/mol. The summed E-state index contributed by atoms with van der Waals surface area (Å²) >= 11 is 12.5. The van der Waals surface area contributed by atoms with E-state index in [1.165, 1.54) is 6.92 Å². The number of nitrogens with two attached hydrogens (primary N) is 1. The monoisotopic (exact) mass is 440 g/mol. The highest BCUT2D eigenvalue weighted by Crippen LogP contribution is 2.40. The van der Waals surface area contributed by atoms with E-state index < -0.39 is 5.60 Å². The summed E-state index contributed by atoms with van der Waals surface area (Å²) in [5.74, 6) is 0.299. The summed E-state index contributed by atoms with van der Waals surface area (Å²) in [6.07, 6.45) is 0.401. The van der Waals surface area contributed by atoms with Gasteiger partial charge in [-0.1, -0.05) is 53.5 Å². The molecule has 3 N–H and O–H groups in total. The van der Waals surface area contributed by atoms with Crippen molar-refractivity contribution in [1.82, 2.24) is 4.98 Å². The van der Waals surface area contributed by atoms with E-state index in [0.29, 0.717) is 44.6 Å². The normalized spacial score (nSPS) is 13.3. The first kappa shape index (κ1) is 20.4. The Morgan fingerprint density at radius 1 is 1.13 bits per heavy atom. The van der Waals surface area contributed by atoms with Gasteiger partial charge in [-0.25, -0.2) is 4.98 Å². The molecule has 0 fully saturated rings. The van der Waals surface area contributed by atoms with Gasteiger partial charge in [-0.2, -0.15) is 0 Å². The average molecular weight is 441 g/mol. The number of carbonyl (C=O) groups is 1. The van der Waals surface area contributed by atoms with Crippen LogP contribution in [-0.4, -0.2) is 22.0 Å². The van der Waals surface area contributed by atoms with Gasteiger partial charge in [0.2, 0.25) is 5.71 Å². The summed E-state index contributed by atoms with van der Waals surface area (Å²) in [6, 6.07) is 16.6. The number of nitrogens with zero attached hydrogens (tertiary/aromatic N) is 1. The van der Waals surface area contributed by atoms with Gasteiger partial charge in [-0.05, 0) is 36.8 Å². The molecule has 2 heterocycles. The lowest BCUT2D eigenvalue weighted by atomic mass is 9.97. The zero-order valence-corrected chi connectivity index (χ0v) is 17.5. The number of carbonyl (C=O) groups excluding carboxylic acids is 1. The standard InChI is InChI=1S/C23H18Cl2N2O3/c1-23(29,12-28)11-19-20(26)17-10-16(13-6-8-14(24)9-7-13)21(27-22(17)30-19)15-4-2-3-5-18(15)25/h2-10,12,29H,11,26H2,1H3. The lowest BCUT2D eigenvalue weighted by molar-refractivity contribution is -0.122. The molecule has 4 rings (SSSR count). The van der Waals surface area contributed by atoms with Crippen LogP contribution in [0.5, 0.6) is 0 Å². The van der Waals surface area contributed by atoms with E-state index in [4.69, 9.17) is 38.3 Å². The lowest BCUT2D eigenvalue weighted by Crippen LogP contribution is -2.28. The molecule has 30 heavy (non-hydrogen) atoms. The van der Waals surface area contributed by atoms with Crippen LogP contribution in [0.25, 0.3) is 33.5 Å². The minimum absolute atomic E-state index is 0.0591. The number of aromatic nitrogens is 1. The van der Waals surface area contributed by atoms with Gasteiger partial charge in [-0.3, -0.25) is 0 Å². The predicted octanol–water partition coefficient (Wildman–Crippen LogP) is 5.54. The van der Waals surface area contributed by atoms with Crippen molar-refractivity contribution in [3.05, 3.63) is 70.4 Å². The van der Waals surface area contributed by atoms with Crippen LogP contribution in [0.1, 0.15) is 12.7 Å². The van der Waals surface area contributed by atoms with Crippen molar-refractivity contribution in [2.75, 3.05) is 5.73 Å². The zero-order chi connectivity index (χ0) is 21.5. The van der Waals surface area contributed by atoms with Crippen molar-refractivity contribution in [2.45, 2.75) is 18.9 Å². The fourth-order valence-corrected chi connectivity index (χ4v) is 3.65. The van der Waals surface area contributed by atoms with E-state index in [0.717, 1.165) is 16.7 Å². The zero-order valence-electron chi connectivity index (χ0n) is 16.0. The third kappa shape index (κ3) is 3.79. The number of rotatable bonds is 5. The van der Waals surface area contributed by atoms with E-state index in [2.05, 4.69) is 0 Å². The van der Waals surface area contributed by atoms with Gasteiger partial charge in [0.25, 0.3) is 0 Å². The second-order valence-corrected chi connectivity index (χ2v) is 8.16. The number of benzene rings is 2. The van der Waals surface area contributed by atoms with Crippen LogP contribution in [0.15, 0.2) is 59.0 Å². The third-order valence-electron chi connectivity index (χ3n) is 4.85. The maximum atomic E-state index is 11.1. The molecular weight excluding hydrogens is 423 g/mol. The van der Waals surface area contributed by atoms with Crippen LogP contribution in [-0.2, 0) is 11.2 Å². The van der Waals surface area contributed by atoms with Gasteiger partial charge in [0, 0.05) is 27.6 Å². The summed E-state index contributed by atoms with van der Waals surface area (Å²) in [6.45, 7) is 1.40. The maximum Gasteiger partial charge on any atom is 0.229 e. The van der Waals surface area contributed by atoms with Gasteiger partial charge in [0.1, 0.15) is 11.4 Å². The Morgan fingerprint density at radius 3 is 2.50 bits per heavy atom. The van der Waals surface area contributed by atoms with Gasteiger partial charge in [-0.15, -0.1) is 0 Å². The Morgan fingerprint density at radius 2 is 1.83 bits per heavy atom. The molecule has 1 unspecified atom stereocenters. The van der Waals surface area contributed by atoms with Crippen LogP contribution in [0.2, 0.25) is 10.0 Å². The minimum atomic E-state index is -1.59. The number of anilines is 1. The Labute approximate surface area is 183 Å². The summed E-state index contributed by atoms with van der Waals surface area (Å²) in [4.78, 5) is 15.8. The summed E-state index contributed by atoms with van der Waals surface area (Å²) < 4.78 is 5.83. The molecule has 1 atom stereocenters. The van der Waals surface area contributed by atoms with E-state index >= 15 is 0 Å². The van der Waals surface area contributed by atoms with E-state index in [1.807, 2.05) is 36.4 Å². The minimum Gasteiger partial charge on any atom is -0.440 e. The molecule has 2 aromatic heterocycles. The first-order chi connectivity index (χ1) is 14.3. The number of hydrogen-bond acceptors (Lipinski definition) is 5. The molecule has 7 heteroatoms. The highest BCUT2D eigenvalue weighted by atomic mass is 35.5. The van der Waals surface area contributed by atoms with Crippen LogP contribution >= 0.6 is 23.2 Å². The molecule has 0 saturated heterocycles. The Balaban J connectivity index is 1.98. The smallest absolute Gasteiger partial charge is 0.229 e. The van der Waals surface area contributed by atoms with Gasteiger partial charge in [0.05, 0.1) is 16.8 Å². The molecular formula is C23H18Cl2N2O3. The van der Waals surface area contributed by atoms with E-state index in [9.17, 15) is 9.90 Å². The van der Waals surface area contributed by atoms with E-state index in [-0.39, 0.29) is 6.42 Å². The SMILES string of the molecule is CC(O)(C=O)Cc1oc2nc(-c3ccccc3Cl)c(-c3ccc(Cl)cc3)cc2c1N. The molecule has 0 aliphatic carbocycles. The Bertz CT molecular complexity index is 1250. The average Bonchev–Trinajstić information content (AvgIpc) is 3.02. The van der Waals surface area contributed by atoms with E-state index in [1.54, 1.807) is 18.2 Å². The van der Waals surface area contributed by atoms with Crippen molar-refractivity contribution in [2.24, 2.45) is 0 Å². The first-order valence-electron chi connectivity index (χ1n) is 9.20. The largest absolute Gasteiger partial charge is 0.440 e. The van der Waals surface area contributed by atoms with Gasteiger partial charge < -0.3 is 20.1 Å². The lowest BCUT2D eigenvalue weighted by Gasteiger charge is -2.13. The quantitative estimate of drug-likeness (QED) is 0.397. The molecule has 0 aliphatic rings. The number of hydrogen-bond donors (Lipinski definition) is 2. The van der Waals surface area contributed by atoms with Crippen LogP contribution in [0, 0.1) is 0 Å². The first-order valence-corrected chi connectivity index (χ1v) is 9.96. The molecule has 0 saturated carbocycles. The summed E-state index contributed by atoms with van der Waals surface area (Å²) in [5, 5.41) is 11.9. The molecule has 4 aromatic rings. The second-order valence-electron chi connectivity index (χ2n) is 7.31. The highest BCUT2D eigenvalue weighted by molar-refractivity contribution is 6.33. The summed E-state index contributed by atoms with van der Waals surface area (Å²) in [5.41, 5.74) is 8.37. The van der Waals surface area contributed by atoms with Crippen molar-refractivity contribution in [3.63, 3.8) is 0 Å². The van der Waals surface area contributed by atoms with Crippen LogP contribution < -0.4 is 5.73 Å². The number of pyridine rings is 1. The van der Waals surface area contributed by atoms with Crippen LogP contribution in [0.3, 0.4) is 0 Å². The van der Waals surface area contributed by atoms with Crippen molar-refractivity contribution in [3.8, 4) is 22.4 Å². The number of nitrogen functional groups attached to an aromatic ring is 1. The molecule has 5 nitrogen and oxygen atoms in total. The molecule has 0 radical (unpaired) electrons. The van der Waals surface area contributed by atoms with Crippen molar-refractivity contribution in [1.29, 1.82) is 0 Å². The molecule has 0 bridgehead atoms. The molecule has 152 valence electrons. The van der Waals surface area contributed by atoms with Gasteiger partial charge in [0.15, 0.2) is 6.29 Å². The highest BCUT2D eigenvalue weighted by Gasteiger charge is 2.26. The number of fused-ring (bicyclic) bond motifs is 1. The molecule has 0 amide bonds. The number of furan rings is 1. The summed E-state index contributed by atoms with van der Waals surface area (Å²) in [7, 11) is 0. The van der Waals surface area contributed by atoms with Crippen molar-refractivity contribution >= 4 is 46.3 Å². The molecule has 0 aliphatic heterocycles. The molecule has 2 aromatic carbocycles. The molecule has 0 spiro atoms. The van der Waals surface area contributed by atoms with Gasteiger partial charge >= 0.3 is 0 Å². The topological polar surface area (TPSA) is 89.3 Å². The second kappa shape index (κ2) is 7.76. The third-order valence-corrected chi connectivity index (χ3v) is 5.44.